The van der Waals surface area contributed by atoms with E-state index in [0.29, 0.717) is 12.4 Å². The molecule has 12 heavy (non-hydrogen) atoms. The summed E-state index contributed by atoms with van der Waals surface area (Å²) in [6.07, 6.45) is 0.302. The largest absolute Gasteiger partial charge is 0.298 e. The van der Waals surface area contributed by atoms with Gasteiger partial charge in [-0.1, -0.05) is 23.2 Å². The molecule has 0 aliphatic carbocycles. The minimum Gasteiger partial charge on any atom is -0.298 e. The van der Waals surface area contributed by atoms with Crippen LogP contribution in [-0.4, -0.2) is 6.29 Å². The smallest absolute Gasteiger partial charge is 0.178 e. The highest BCUT2D eigenvalue weighted by Crippen LogP contribution is 2.29. The highest BCUT2D eigenvalue weighted by molar-refractivity contribution is 6.43. The number of carbonyl (C=O) groups excluding carboxylic acids is 1. The molecule has 0 unspecified atom stereocenters. The van der Waals surface area contributed by atoms with Gasteiger partial charge in [0.15, 0.2) is 17.9 Å². The number of carbonyl (C=O) groups is 1. The van der Waals surface area contributed by atoms with Gasteiger partial charge < -0.3 is 0 Å². The zero-order valence-electron chi connectivity index (χ0n) is 5.57. The fourth-order valence-corrected chi connectivity index (χ4v) is 1.06. The molecule has 0 fully saturated rings. The lowest BCUT2D eigenvalue weighted by Crippen LogP contribution is -1.91. The molecule has 0 spiro atoms. The van der Waals surface area contributed by atoms with E-state index < -0.39 is 16.7 Å². The van der Waals surface area contributed by atoms with Crippen LogP contribution >= 0.6 is 23.2 Å². The predicted molar refractivity (Wildman–Crippen MR) is 41.8 cm³/mol. The highest BCUT2D eigenvalue weighted by atomic mass is 35.5. The second-order valence-electron chi connectivity index (χ2n) is 2.01. The van der Waals surface area contributed by atoms with E-state index in [0.717, 1.165) is 0 Å². The van der Waals surface area contributed by atoms with Crippen molar-refractivity contribution in [3.63, 3.8) is 0 Å². The molecule has 5 heteroatoms. The van der Waals surface area contributed by atoms with Gasteiger partial charge in [0.05, 0.1) is 10.0 Å². The summed E-state index contributed by atoms with van der Waals surface area (Å²) < 4.78 is 25.1. The fourth-order valence-electron chi connectivity index (χ4n) is 0.677. The molecule has 0 heterocycles. The summed E-state index contributed by atoms with van der Waals surface area (Å²) >= 11 is 10.7. The first-order chi connectivity index (χ1) is 5.57. The van der Waals surface area contributed by atoms with Crippen molar-refractivity contribution >= 4 is 29.5 Å². The van der Waals surface area contributed by atoms with Gasteiger partial charge in [-0.05, 0) is 6.07 Å². The van der Waals surface area contributed by atoms with E-state index >= 15 is 0 Å². The molecule has 0 aliphatic heterocycles. The summed E-state index contributed by atoms with van der Waals surface area (Å²) in [6, 6.07) is 0.691. The molecule has 0 aromatic heterocycles. The van der Waals surface area contributed by atoms with Gasteiger partial charge >= 0.3 is 0 Å². The lowest BCUT2D eigenvalue weighted by Gasteiger charge is -2.00. The zero-order chi connectivity index (χ0) is 9.30. The van der Waals surface area contributed by atoms with E-state index in [-0.39, 0.29) is 10.6 Å². The summed E-state index contributed by atoms with van der Waals surface area (Å²) in [5, 5.41) is -0.843. The van der Waals surface area contributed by atoms with E-state index in [1.54, 1.807) is 0 Å². The van der Waals surface area contributed by atoms with Crippen LogP contribution in [0.15, 0.2) is 6.07 Å². The second kappa shape index (κ2) is 3.37. The Bertz CT molecular complexity index is 339. The molecule has 0 aliphatic rings. The van der Waals surface area contributed by atoms with Crippen LogP contribution < -0.4 is 0 Å². The summed E-state index contributed by atoms with van der Waals surface area (Å²) in [4.78, 5) is 10.2. The van der Waals surface area contributed by atoms with Crippen LogP contribution in [0.5, 0.6) is 0 Å². The topological polar surface area (TPSA) is 17.1 Å². The second-order valence-corrected chi connectivity index (χ2v) is 2.76. The van der Waals surface area contributed by atoms with Gasteiger partial charge in [0, 0.05) is 5.56 Å². The first kappa shape index (κ1) is 9.42. The molecule has 0 atom stereocenters. The quantitative estimate of drug-likeness (QED) is 0.396. The van der Waals surface area contributed by atoms with Crippen molar-refractivity contribution in [2.45, 2.75) is 0 Å². The van der Waals surface area contributed by atoms with Crippen molar-refractivity contribution < 1.29 is 13.6 Å². The van der Waals surface area contributed by atoms with Crippen LogP contribution in [0, 0.1) is 11.6 Å². The standard InChI is InChI=1S/C7H2Cl2F2O/c8-5-3(2-12)1-4(10)7(11)6(5)9/h1-2H. The third-order valence-corrected chi connectivity index (χ3v) is 2.12. The maximum absolute atomic E-state index is 12.6. The number of benzene rings is 1. The first-order valence-corrected chi connectivity index (χ1v) is 3.61. The Balaban J connectivity index is 3.49. The number of hydrogen-bond acceptors (Lipinski definition) is 1. The van der Waals surface area contributed by atoms with Crippen molar-refractivity contribution in [1.82, 2.24) is 0 Å². The molecule has 1 rings (SSSR count). The maximum Gasteiger partial charge on any atom is 0.178 e. The molecule has 0 radical (unpaired) electrons. The Kier molecular flexibility index (Phi) is 2.65. The van der Waals surface area contributed by atoms with Gasteiger partial charge in [0.1, 0.15) is 0 Å². The Hall–Kier alpha value is -0.670. The molecule has 0 bridgehead atoms. The number of aldehydes is 1. The molecule has 0 saturated carbocycles. The Morgan fingerprint density at radius 1 is 1.25 bits per heavy atom. The van der Waals surface area contributed by atoms with E-state index in [1.165, 1.54) is 0 Å². The average Bonchev–Trinajstić information content (AvgIpc) is 2.08. The monoisotopic (exact) mass is 210 g/mol. The minimum absolute atomic E-state index is 0.166. The molecule has 0 N–H and O–H groups in total. The summed E-state index contributed by atoms with van der Waals surface area (Å²) in [7, 11) is 0. The normalized spacial score (nSPS) is 10.0. The lowest BCUT2D eigenvalue weighted by molar-refractivity contribution is 0.112. The van der Waals surface area contributed by atoms with Gasteiger partial charge in [-0.15, -0.1) is 0 Å². The van der Waals surface area contributed by atoms with Gasteiger partial charge in [-0.2, -0.15) is 0 Å². The first-order valence-electron chi connectivity index (χ1n) is 2.86. The third-order valence-electron chi connectivity index (χ3n) is 1.26. The van der Waals surface area contributed by atoms with Gasteiger partial charge in [-0.25, -0.2) is 8.78 Å². The average molecular weight is 211 g/mol. The minimum atomic E-state index is -1.24. The molecule has 1 aromatic rings. The molecular weight excluding hydrogens is 209 g/mol. The summed E-state index contributed by atoms with van der Waals surface area (Å²) in [6.45, 7) is 0. The van der Waals surface area contributed by atoms with Crippen LogP contribution in [0.2, 0.25) is 10.0 Å². The molecule has 64 valence electrons. The van der Waals surface area contributed by atoms with E-state index in [2.05, 4.69) is 0 Å². The third kappa shape index (κ3) is 1.42. The lowest BCUT2D eigenvalue weighted by atomic mass is 10.2. The van der Waals surface area contributed by atoms with Crippen molar-refractivity contribution in [2.24, 2.45) is 0 Å². The van der Waals surface area contributed by atoms with Gasteiger partial charge in [-0.3, -0.25) is 4.79 Å². The van der Waals surface area contributed by atoms with E-state index in [9.17, 15) is 13.6 Å². The van der Waals surface area contributed by atoms with Crippen LogP contribution in [0.25, 0.3) is 0 Å². The molecule has 0 saturated heterocycles. The van der Waals surface area contributed by atoms with Crippen LogP contribution in [0.3, 0.4) is 0 Å². The van der Waals surface area contributed by atoms with Crippen molar-refractivity contribution in [3.8, 4) is 0 Å². The Labute approximate surface area is 76.9 Å². The van der Waals surface area contributed by atoms with E-state index in [1.807, 2.05) is 0 Å². The van der Waals surface area contributed by atoms with Crippen molar-refractivity contribution in [3.05, 3.63) is 33.3 Å². The van der Waals surface area contributed by atoms with Crippen molar-refractivity contribution in [1.29, 1.82) is 0 Å². The highest BCUT2D eigenvalue weighted by Gasteiger charge is 2.14. The van der Waals surface area contributed by atoms with Crippen LogP contribution in [0.4, 0.5) is 8.78 Å². The van der Waals surface area contributed by atoms with Crippen LogP contribution in [0.1, 0.15) is 10.4 Å². The predicted octanol–water partition coefficient (Wildman–Crippen LogP) is 3.08. The Morgan fingerprint density at radius 2 is 1.83 bits per heavy atom. The molecule has 1 aromatic carbocycles. The fraction of sp³-hybridized carbons (Fsp3) is 0. The number of halogens is 4. The summed E-state index contributed by atoms with van der Waals surface area (Å²) in [5.74, 6) is -2.43. The zero-order valence-corrected chi connectivity index (χ0v) is 7.09. The molecule has 0 amide bonds. The van der Waals surface area contributed by atoms with Gasteiger partial charge in [0.2, 0.25) is 0 Å². The summed E-state index contributed by atoms with van der Waals surface area (Å²) in [5.41, 5.74) is -0.166. The number of hydrogen-bond donors (Lipinski definition) is 0. The maximum atomic E-state index is 12.6. The van der Waals surface area contributed by atoms with Crippen LogP contribution in [-0.2, 0) is 0 Å². The molecule has 1 nitrogen and oxygen atoms in total. The van der Waals surface area contributed by atoms with Crippen molar-refractivity contribution in [2.75, 3.05) is 0 Å². The van der Waals surface area contributed by atoms with E-state index in [4.69, 9.17) is 23.2 Å². The number of rotatable bonds is 1. The SMILES string of the molecule is O=Cc1cc(F)c(F)c(Cl)c1Cl. The Morgan fingerprint density at radius 3 is 2.33 bits per heavy atom. The van der Waals surface area contributed by atoms with Gasteiger partial charge in [0.25, 0.3) is 0 Å². The molecular formula is C7H2Cl2F2O.